The Morgan fingerprint density at radius 1 is 1.33 bits per heavy atom. The monoisotopic (exact) mass is 353 g/mol. The quantitative estimate of drug-likeness (QED) is 0.719. The van der Waals surface area contributed by atoms with Gasteiger partial charge in [-0.15, -0.1) is 11.3 Å². The Morgan fingerprint density at radius 3 is 2.71 bits per heavy atom. The van der Waals surface area contributed by atoms with E-state index in [-0.39, 0.29) is 11.8 Å². The summed E-state index contributed by atoms with van der Waals surface area (Å²) in [5, 5.41) is 4.74. The number of nitrogens with zero attached hydrogens (tertiary/aromatic N) is 2. The van der Waals surface area contributed by atoms with Crippen LogP contribution in [0.2, 0.25) is 0 Å². The van der Waals surface area contributed by atoms with Gasteiger partial charge in [-0.25, -0.2) is 0 Å². The first-order valence-corrected chi connectivity index (χ1v) is 9.32. The zero-order valence-electron chi connectivity index (χ0n) is 14.5. The van der Waals surface area contributed by atoms with Crippen molar-refractivity contribution in [3.63, 3.8) is 0 Å². The molecule has 1 unspecified atom stereocenters. The summed E-state index contributed by atoms with van der Waals surface area (Å²) in [5.74, 6) is 0.123. The summed E-state index contributed by atoms with van der Waals surface area (Å²) < 4.78 is 5.19. The summed E-state index contributed by atoms with van der Waals surface area (Å²) in [7, 11) is 1.72. The van der Waals surface area contributed by atoms with E-state index in [4.69, 9.17) is 4.74 Å². The van der Waals surface area contributed by atoms with Gasteiger partial charge in [-0.3, -0.25) is 14.5 Å². The van der Waals surface area contributed by atoms with E-state index in [2.05, 4.69) is 17.1 Å². The van der Waals surface area contributed by atoms with E-state index in [0.29, 0.717) is 30.3 Å². The van der Waals surface area contributed by atoms with Gasteiger partial charge >= 0.3 is 0 Å². The molecular formula is C17H27N3O3S. The van der Waals surface area contributed by atoms with Crippen LogP contribution in [0.3, 0.4) is 0 Å². The van der Waals surface area contributed by atoms with E-state index in [1.807, 2.05) is 16.3 Å². The van der Waals surface area contributed by atoms with Crippen LogP contribution in [0.4, 0.5) is 0 Å². The summed E-state index contributed by atoms with van der Waals surface area (Å²) in [6.07, 6.45) is 1.16. The van der Waals surface area contributed by atoms with E-state index in [9.17, 15) is 9.59 Å². The minimum atomic E-state index is -0.0572. The molecule has 1 fully saturated rings. The van der Waals surface area contributed by atoms with Crippen LogP contribution in [0.1, 0.15) is 29.4 Å². The van der Waals surface area contributed by atoms with Gasteiger partial charge in [-0.2, -0.15) is 0 Å². The van der Waals surface area contributed by atoms with Crippen molar-refractivity contribution in [2.24, 2.45) is 0 Å². The number of piperazine rings is 1. The lowest BCUT2D eigenvalue weighted by Crippen LogP contribution is -2.52. The highest BCUT2D eigenvalue weighted by molar-refractivity contribution is 7.12. The third kappa shape index (κ3) is 5.58. The fourth-order valence-electron chi connectivity index (χ4n) is 2.85. The first kappa shape index (κ1) is 18.9. The van der Waals surface area contributed by atoms with Gasteiger partial charge in [0.25, 0.3) is 5.91 Å². The molecule has 6 nitrogen and oxygen atoms in total. The molecule has 1 aromatic rings. The summed E-state index contributed by atoms with van der Waals surface area (Å²) >= 11 is 1.42. The van der Waals surface area contributed by atoms with Gasteiger partial charge in [0.1, 0.15) is 0 Å². The summed E-state index contributed by atoms with van der Waals surface area (Å²) in [6, 6.07) is 4.05. The van der Waals surface area contributed by atoms with Gasteiger partial charge < -0.3 is 15.0 Å². The predicted octanol–water partition coefficient (Wildman–Crippen LogP) is 1.44. The van der Waals surface area contributed by atoms with Gasteiger partial charge in [-0.05, 0) is 24.8 Å². The number of hydrogen-bond acceptors (Lipinski definition) is 5. The molecule has 0 spiro atoms. The van der Waals surface area contributed by atoms with Crippen molar-refractivity contribution < 1.29 is 14.3 Å². The number of methoxy groups -OCH3 is 1. The smallest absolute Gasteiger partial charge is 0.261 e. The molecule has 2 amide bonds. The van der Waals surface area contributed by atoms with Crippen LogP contribution in [0.5, 0.6) is 0 Å². The molecule has 0 radical (unpaired) electrons. The number of thiophene rings is 1. The number of hydrogen-bond donors (Lipinski definition) is 1. The number of ether oxygens (including phenoxy) is 1. The highest BCUT2D eigenvalue weighted by atomic mass is 32.1. The van der Waals surface area contributed by atoms with Crippen molar-refractivity contribution in [3.8, 4) is 0 Å². The summed E-state index contributed by atoms with van der Waals surface area (Å²) in [5.41, 5.74) is 0. The van der Waals surface area contributed by atoms with E-state index < -0.39 is 0 Å². The van der Waals surface area contributed by atoms with Crippen molar-refractivity contribution in [1.29, 1.82) is 0 Å². The van der Waals surface area contributed by atoms with Crippen LogP contribution >= 0.6 is 11.3 Å². The van der Waals surface area contributed by atoms with Crippen LogP contribution in [-0.2, 0) is 9.53 Å². The second-order valence-electron chi connectivity index (χ2n) is 6.06. The first-order chi connectivity index (χ1) is 11.6. The maximum absolute atomic E-state index is 12.2. The molecule has 1 aliphatic heterocycles. The van der Waals surface area contributed by atoms with Crippen molar-refractivity contribution in [1.82, 2.24) is 15.1 Å². The molecular weight excluding hydrogens is 326 g/mol. The van der Waals surface area contributed by atoms with Crippen molar-refractivity contribution in [2.45, 2.75) is 25.8 Å². The Balaban J connectivity index is 1.61. The van der Waals surface area contributed by atoms with Gasteiger partial charge in [-0.1, -0.05) is 6.07 Å². The molecule has 1 aliphatic rings. The molecule has 2 rings (SSSR count). The van der Waals surface area contributed by atoms with Gasteiger partial charge in [0, 0.05) is 52.3 Å². The number of rotatable bonds is 8. The molecule has 1 atom stereocenters. The molecule has 0 saturated carbocycles. The first-order valence-electron chi connectivity index (χ1n) is 8.44. The Labute approximate surface area is 147 Å². The average Bonchev–Trinajstić information content (AvgIpc) is 3.13. The number of amides is 2. The molecule has 7 heteroatoms. The molecule has 1 aromatic heterocycles. The zero-order valence-corrected chi connectivity index (χ0v) is 15.3. The highest BCUT2D eigenvalue weighted by Crippen LogP contribution is 2.09. The standard InChI is InChI=1S/C17H27N3O3S/c1-14(13-23-2)19-8-10-20(11-9-19)16(21)6-3-7-18-17(22)15-5-4-12-24-15/h4-5,12,14H,3,6-11,13H2,1-2H3,(H,18,22). The van der Waals surface area contributed by atoms with Crippen molar-refractivity contribution >= 4 is 23.2 Å². The Kier molecular flexibility index (Phi) is 7.68. The second kappa shape index (κ2) is 9.76. The minimum absolute atomic E-state index is 0.0572. The lowest BCUT2D eigenvalue weighted by atomic mass is 10.2. The normalized spacial score (nSPS) is 16.8. The third-order valence-electron chi connectivity index (χ3n) is 4.30. The van der Waals surface area contributed by atoms with Crippen molar-refractivity contribution in [2.75, 3.05) is 46.4 Å². The Bertz CT molecular complexity index is 513. The zero-order chi connectivity index (χ0) is 17.4. The molecule has 0 aromatic carbocycles. The van der Waals surface area contributed by atoms with E-state index in [0.717, 1.165) is 32.8 Å². The minimum Gasteiger partial charge on any atom is -0.383 e. The number of nitrogens with one attached hydrogen (secondary N) is 1. The topological polar surface area (TPSA) is 61.9 Å². The van der Waals surface area contributed by atoms with E-state index >= 15 is 0 Å². The lowest BCUT2D eigenvalue weighted by molar-refractivity contribution is -0.133. The van der Waals surface area contributed by atoms with Crippen LogP contribution in [0.15, 0.2) is 17.5 Å². The van der Waals surface area contributed by atoms with Gasteiger partial charge in [0.15, 0.2) is 0 Å². The van der Waals surface area contributed by atoms with Gasteiger partial charge in [0.05, 0.1) is 11.5 Å². The third-order valence-corrected chi connectivity index (χ3v) is 5.16. The molecule has 1 saturated heterocycles. The van der Waals surface area contributed by atoms with Crippen molar-refractivity contribution in [3.05, 3.63) is 22.4 Å². The molecule has 2 heterocycles. The van der Waals surface area contributed by atoms with Crippen LogP contribution in [0, 0.1) is 0 Å². The van der Waals surface area contributed by atoms with Crippen LogP contribution < -0.4 is 5.32 Å². The summed E-state index contributed by atoms with van der Waals surface area (Å²) in [6.45, 7) is 6.74. The molecule has 1 N–H and O–H groups in total. The molecule has 0 bridgehead atoms. The SMILES string of the molecule is COCC(C)N1CCN(C(=O)CCCNC(=O)c2cccs2)CC1. The van der Waals surface area contributed by atoms with E-state index in [1.54, 1.807) is 13.2 Å². The molecule has 134 valence electrons. The highest BCUT2D eigenvalue weighted by Gasteiger charge is 2.23. The molecule has 24 heavy (non-hydrogen) atoms. The molecule has 0 aliphatic carbocycles. The predicted molar refractivity (Wildman–Crippen MR) is 95.4 cm³/mol. The van der Waals surface area contributed by atoms with Crippen LogP contribution in [0.25, 0.3) is 0 Å². The van der Waals surface area contributed by atoms with Gasteiger partial charge in [0.2, 0.25) is 5.91 Å². The fourth-order valence-corrected chi connectivity index (χ4v) is 3.49. The fraction of sp³-hybridized carbons (Fsp3) is 0.647. The Hall–Kier alpha value is -1.44. The van der Waals surface area contributed by atoms with E-state index in [1.165, 1.54) is 11.3 Å². The van der Waals surface area contributed by atoms with Crippen LogP contribution in [-0.4, -0.2) is 74.1 Å². The summed E-state index contributed by atoms with van der Waals surface area (Å²) in [4.78, 5) is 29.0. The Morgan fingerprint density at radius 2 is 2.08 bits per heavy atom. The maximum atomic E-state index is 12.2. The number of carbonyl (C=O) groups is 2. The largest absolute Gasteiger partial charge is 0.383 e. The second-order valence-corrected chi connectivity index (χ2v) is 7.01. The maximum Gasteiger partial charge on any atom is 0.261 e. The average molecular weight is 353 g/mol. The number of carbonyl (C=O) groups excluding carboxylic acids is 2. The lowest BCUT2D eigenvalue weighted by Gasteiger charge is -2.37.